The van der Waals surface area contributed by atoms with E-state index >= 15 is 9.18 Å². The van der Waals surface area contributed by atoms with Gasteiger partial charge in [-0.15, -0.1) is 6.58 Å². The van der Waals surface area contributed by atoms with Crippen molar-refractivity contribution in [1.82, 2.24) is 30.1 Å². The highest BCUT2D eigenvalue weighted by atomic mass is 32.2. The molecule has 7 aliphatic rings. The first-order valence-corrected chi connectivity index (χ1v) is 21.8. The van der Waals surface area contributed by atoms with Gasteiger partial charge in [-0.1, -0.05) is 24.8 Å². The molecule has 2 bridgehead atoms. The number of carbonyl (C=O) groups excluding carboxylic acids is 6. The van der Waals surface area contributed by atoms with Crippen molar-refractivity contribution in [1.29, 1.82) is 0 Å². The summed E-state index contributed by atoms with van der Waals surface area (Å²) < 4.78 is 47.9. The number of nitrogens with zero attached hydrogens (tertiary/aromatic N) is 3. The van der Waals surface area contributed by atoms with Crippen LogP contribution in [0.25, 0.3) is 0 Å². The number of benzene rings is 1. The molecule has 1 aromatic rings. The van der Waals surface area contributed by atoms with Gasteiger partial charge < -0.3 is 30.3 Å². The molecule has 17 nitrogen and oxygen atoms in total. The summed E-state index contributed by atoms with van der Waals surface area (Å²) in [4.78, 5) is 99.1. The van der Waals surface area contributed by atoms with E-state index in [1.807, 2.05) is 0 Å². The maximum atomic E-state index is 15.1. The second kappa shape index (κ2) is 15.6. The van der Waals surface area contributed by atoms with E-state index in [9.17, 15) is 42.3 Å². The lowest BCUT2D eigenvalue weighted by molar-refractivity contribution is -0.167. The number of amides is 6. The summed E-state index contributed by atoms with van der Waals surface area (Å²) in [7, 11) is -1.28. The molecule has 8 rings (SSSR count). The molecule has 0 spiro atoms. The summed E-state index contributed by atoms with van der Waals surface area (Å²) in [6.45, 7) is 6.38. The van der Waals surface area contributed by atoms with E-state index in [4.69, 9.17) is 4.74 Å². The van der Waals surface area contributed by atoms with Crippen molar-refractivity contribution < 1.29 is 56.2 Å². The number of ether oxygens (including phenoxy) is 1. The van der Waals surface area contributed by atoms with Crippen LogP contribution in [-0.4, -0.2) is 120 Å². The molecule has 1 aromatic carbocycles. The molecule has 5 aliphatic carbocycles. The number of hydrogen-bond donors (Lipinski definition) is 4. The molecule has 0 radical (unpaired) electrons. The molecular weight excluding hydrogens is 804 g/mol. The minimum atomic E-state index is -4.02. The summed E-state index contributed by atoms with van der Waals surface area (Å²) in [5, 5.41) is 15.1. The lowest BCUT2D eigenvalue weighted by atomic mass is 9.53. The van der Waals surface area contributed by atoms with Gasteiger partial charge in [0.2, 0.25) is 33.7 Å². The van der Waals surface area contributed by atoms with Gasteiger partial charge >= 0.3 is 12.1 Å². The predicted octanol–water partition coefficient (Wildman–Crippen LogP) is 1.89. The molecule has 6 atom stereocenters. The van der Waals surface area contributed by atoms with Crippen molar-refractivity contribution in [2.45, 2.75) is 99.7 Å². The highest BCUT2D eigenvalue weighted by Crippen LogP contribution is 2.57. The number of carbonyl (C=O) groups is 7. The smallest absolute Gasteiger partial charge is 0.408 e. The molecule has 4 N–H and O–H groups in total. The van der Waals surface area contributed by atoms with Gasteiger partial charge in [-0.25, -0.2) is 17.6 Å². The van der Waals surface area contributed by atoms with Crippen LogP contribution >= 0.6 is 0 Å². The Hall–Kier alpha value is -5.33. The third kappa shape index (κ3) is 7.42. The van der Waals surface area contributed by atoms with Gasteiger partial charge in [0.1, 0.15) is 23.4 Å². The number of likely N-dealkylation sites (N-methyl/N-ethyl adjacent to an activating group) is 1. The van der Waals surface area contributed by atoms with Gasteiger partial charge in [0.05, 0.1) is 30.4 Å². The van der Waals surface area contributed by atoms with Gasteiger partial charge in [0, 0.05) is 43.0 Å². The zero-order valence-corrected chi connectivity index (χ0v) is 34.4. The minimum absolute atomic E-state index is 0.0207. The van der Waals surface area contributed by atoms with Gasteiger partial charge in [-0.3, -0.25) is 38.4 Å². The van der Waals surface area contributed by atoms with Gasteiger partial charge in [-0.05, 0) is 81.9 Å². The Balaban J connectivity index is 1.21. The van der Waals surface area contributed by atoms with Crippen molar-refractivity contribution in [3.05, 3.63) is 60.5 Å². The number of nitrogens with one attached hydrogen (secondary N) is 3. The van der Waals surface area contributed by atoms with E-state index in [-0.39, 0.29) is 44.0 Å². The second-order valence-electron chi connectivity index (χ2n) is 17.3. The maximum absolute atomic E-state index is 15.1. The van der Waals surface area contributed by atoms with Crippen LogP contribution in [0.15, 0.2) is 43.5 Å². The Bertz CT molecular complexity index is 2140. The number of likely N-dealkylation sites (tertiary alicyclic amines) is 1. The zero-order valence-electron chi connectivity index (χ0n) is 33.6. The Morgan fingerprint density at radius 2 is 1.67 bits per heavy atom. The van der Waals surface area contributed by atoms with E-state index < -0.39 is 103 Å². The SMILES string of the molecule is C=CC(=O)N(C)CC(NC(=O)C12CCC(C(=O)OC)(CC1)CC2)C(=O)N1CC(C2c3cccc(F)c3CN2C(=O)O)C[C@H]1C(=O)N[C@]1(C(=O)NS(=O)(=O)C2CC2)C[C@H]1C=C. The average Bonchev–Trinajstić information content (AvgIpc) is 4.13. The fourth-order valence-electron chi connectivity index (χ4n) is 10.0. The van der Waals surface area contributed by atoms with Crippen LogP contribution in [-0.2, 0) is 50.1 Å². The van der Waals surface area contributed by atoms with Gasteiger partial charge in [0.15, 0.2) is 0 Å². The first kappa shape index (κ1) is 42.8. The van der Waals surface area contributed by atoms with Gasteiger partial charge in [-0.2, -0.15) is 0 Å². The molecule has 0 aromatic heterocycles. The van der Waals surface area contributed by atoms with E-state index in [1.165, 1.54) is 42.2 Å². The third-order valence-corrected chi connectivity index (χ3v) is 15.8. The third-order valence-electron chi connectivity index (χ3n) is 14.0. The van der Waals surface area contributed by atoms with E-state index in [0.29, 0.717) is 56.9 Å². The molecular formula is C41H51FN6O11S. The molecule has 2 aliphatic heterocycles. The Labute approximate surface area is 347 Å². The number of hydrogen-bond acceptors (Lipinski definition) is 10. The fraction of sp³-hybridized carbons (Fsp3) is 0.585. The lowest BCUT2D eigenvalue weighted by Crippen LogP contribution is -2.61. The Morgan fingerprint density at radius 1 is 1.02 bits per heavy atom. The summed E-state index contributed by atoms with van der Waals surface area (Å²) in [6.07, 6.45) is 3.99. The Morgan fingerprint density at radius 3 is 2.23 bits per heavy atom. The monoisotopic (exact) mass is 854 g/mol. The van der Waals surface area contributed by atoms with Crippen LogP contribution in [0.1, 0.15) is 81.4 Å². The molecule has 60 heavy (non-hydrogen) atoms. The van der Waals surface area contributed by atoms with Crippen LogP contribution in [0.4, 0.5) is 9.18 Å². The normalized spacial score (nSPS) is 30.6. The number of carboxylic acid groups (broad SMARTS) is 1. The van der Waals surface area contributed by atoms with E-state index in [1.54, 1.807) is 6.07 Å². The highest BCUT2D eigenvalue weighted by Gasteiger charge is 2.62. The quantitative estimate of drug-likeness (QED) is 0.120. The zero-order chi connectivity index (χ0) is 43.5. The number of rotatable bonds is 14. The number of halogens is 1. The summed E-state index contributed by atoms with van der Waals surface area (Å²) >= 11 is 0. The molecule has 6 fully saturated rings. The van der Waals surface area contributed by atoms with Crippen molar-refractivity contribution in [3.8, 4) is 0 Å². The molecule has 6 amide bonds. The van der Waals surface area contributed by atoms with Crippen molar-refractivity contribution in [2.75, 3.05) is 27.2 Å². The summed E-state index contributed by atoms with van der Waals surface area (Å²) in [5.41, 5.74) is -2.81. The number of esters is 1. The first-order valence-electron chi connectivity index (χ1n) is 20.2. The predicted molar refractivity (Wildman–Crippen MR) is 210 cm³/mol. The molecule has 5 saturated carbocycles. The van der Waals surface area contributed by atoms with Crippen LogP contribution in [0, 0.1) is 28.5 Å². The van der Waals surface area contributed by atoms with Gasteiger partial charge in [0.25, 0.3) is 5.91 Å². The molecule has 2 heterocycles. The van der Waals surface area contributed by atoms with Crippen LogP contribution in [0.3, 0.4) is 0 Å². The minimum Gasteiger partial charge on any atom is -0.469 e. The van der Waals surface area contributed by atoms with Crippen LogP contribution in [0.5, 0.6) is 0 Å². The maximum Gasteiger partial charge on any atom is 0.408 e. The molecule has 3 unspecified atom stereocenters. The largest absolute Gasteiger partial charge is 0.469 e. The standard InChI is InChI=1S/C41H51FN6O11S/c1-5-24-19-41(24,36(53)45-60(57,58)25-10-11-25)44-33(50)30-18-23(32-26-8-7-9-28(42)27(26)21-48(32)38(55)56)20-47(30)34(51)29(22-46(3)31(49)6-2)43-35(52)39-12-15-40(16-13-39,17-14-39)37(54)59-4/h5-9,23-25,29-30,32H,1-2,10-22H2,3-4H3,(H,43,52)(H,44,50)(H,45,53)(H,55,56)/t23?,24-,29?,30+,32?,39?,40?,41-/m1/s1. The molecule has 1 saturated heterocycles. The first-order chi connectivity index (χ1) is 28.4. The number of methoxy groups -OCH3 is 1. The lowest BCUT2D eigenvalue weighted by Gasteiger charge is -2.51. The highest BCUT2D eigenvalue weighted by molar-refractivity contribution is 7.91. The van der Waals surface area contributed by atoms with Crippen molar-refractivity contribution in [3.63, 3.8) is 0 Å². The number of fused-ring (bicyclic) bond motifs is 4. The number of sulfonamides is 1. The summed E-state index contributed by atoms with van der Waals surface area (Å²) in [5.74, 6) is -6.02. The molecule has 19 heteroatoms. The Kier molecular flexibility index (Phi) is 11.1. The second-order valence-corrected chi connectivity index (χ2v) is 19.3. The van der Waals surface area contributed by atoms with Crippen LogP contribution < -0.4 is 15.4 Å². The fourth-order valence-corrected chi connectivity index (χ4v) is 11.4. The average molecular weight is 855 g/mol. The van der Waals surface area contributed by atoms with E-state index in [2.05, 4.69) is 28.5 Å². The van der Waals surface area contributed by atoms with Crippen molar-refractivity contribution >= 4 is 51.6 Å². The van der Waals surface area contributed by atoms with Crippen LogP contribution in [0.2, 0.25) is 0 Å². The summed E-state index contributed by atoms with van der Waals surface area (Å²) in [6, 6.07) is 0.415. The topological polar surface area (TPSA) is 229 Å². The van der Waals surface area contributed by atoms with E-state index in [0.717, 1.165) is 11.0 Å². The molecule has 324 valence electrons. The van der Waals surface area contributed by atoms with Crippen molar-refractivity contribution in [2.24, 2.45) is 22.7 Å².